The molecule has 0 aliphatic heterocycles. The first-order valence-corrected chi connectivity index (χ1v) is 24.5. The highest BCUT2D eigenvalue weighted by atomic mass is 16.6. The molecule has 0 bridgehead atoms. The monoisotopic (exact) mass is 842 g/mol. The summed E-state index contributed by atoms with van der Waals surface area (Å²) in [6, 6.07) is 0. The molecule has 0 saturated heterocycles. The second kappa shape index (κ2) is 24.2. The van der Waals surface area contributed by atoms with E-state index in [1.807, 2.05) is 46.4 Å². The van der Waals surface area contributed by atoms with Gasteiger partial charge in [0, 0.05) is 39.0 Å². The van der Waals surface area contributed by atoms with Gasteiger partial charge in [0.1, 0.15) is 17.3 Å². The van der Waals surface area contributed by atoms with Crippen LogP contribution in [0.3, 0.4) is 0 Å². The number of carbonyl (C=O) groups is 4. The van der Waals surface area contributed by atoms with Gasteiger partial charge < -0.3 is 29.7 Å². The third-order valence-corrected chi connectivity index (χ3v) is 13.8. The fraction of sp³-hybridized carbons (Fsp3) is 0.880. The lowest BCUT2D eigenvalue weighted by Crippen LogP contribution is -2.46. The Balaban J connectivity index is 1.25. The molecule has 0 spiro atoms. The zero-order chi connectivity index (χ0) is 43.9. The molecule has 3 amide bonds. The predicted molar refractivity (Wildman–Crippen MR) is 240 cm³/mol. The van der Waals surface area contributed by atoms with Gasteiger partial charge in [0.15, 0.2) is 0 Å². The predicted octanol–water partition coefficient (Wildman–Crippen LogP) is 11.5. The average Bonchev–Trinajstić information content (AvgIpc) is 3.64. The molecule has 60 heavy (non-hydrogen) atoms. The maximum Gasteiger partial charge on any atom is 0.407 e. The number of amides is 3. The second-order valence-corrected chi connectivity index (χ2v) is 21.5. The van der Waals surface area contributed by atoms with Crippen LogP contribution in [0.2, 0.25) is 0 Å². The lowest BCUT2D eigenvalue weighted by molar-refractivity contribution is -0.152. The normalized spacial score (nSPS) is 25.6. The highest BCUT2D eigenvalue weighted by Gasteiger charge is 2.51. The van der Waals surface area contributed by atoms with Gasteiger partial charge in [-0.1, -0.05) is 90.2 Å². The SMILES string of the molecule is CC(C)CCC[C@@H](C)C1C=C2CC(OC(=O)CCC(=O)N(CCCCCCCCNC(=O)OC(C)(C)C)CCCNC(=O)OC(C)(C)C)CCC2C2CCC3CCCC3C21. The van der Waals surface area contributed by atoms with Gasteiger partial charge in [-0.05, 0) is 140 Å². The summed E-state index contributed by atoms with van der Waals surface area (Å²) in [6.07, 6.45) is 22.3. The third-order valence-electron chi connectivity index (χ3n) is 13.8. The van der Waals surface area contributed by atoms with Gasteiger partial charge in [0.05, 0.1) is 6.42 Å². The Kier molecular flexibility index (Phi) is 20.1. The van der Waals surface area contributed by atoms with E-state index in [9.17, 15) is 19.2 Å². The number of ether oxygens (including phenoxy) is 3. The number of esters is 1. The molecule has 0 heterocycles. The summed E-state index contributed by atoms with van der Waals surface area (Å²) >= 11 is 0. The fourth-order valence-corrected chi connectivity index (χ4v) is 11.1. The molecular formula is C50H87N3O7. The topological polar surface area (TPSA) is 123 Å². The number of hydrogen-bond acceptors (Lipinski definition) is 7. The Morgan fingerprint density at radius 3 is 2.00 bits per heavy atom. The smallest absolute Gasteiger partial charge is 0.407 e. The van der Waals surface area contributed by atoms with Crippen molar-refractivity contribution in [2.45, 2.75) is 208 Å². The largest absolute Gasteiger partial charge is 0.462 e. The summed E-state index contributed by atoms with van der Waals surface area (Å²) in [7, 11) is 0. The summed E-state index contributed by atoms with van der Waals surface area (Å²) in [5.41, 5.74) is 0.489. The minimum Gasteiger partial charge on any atom is -0.462 e. The van der Waals surface area contributed by atoms with Crippen molar-refractivity contribution in [2.75, 3.05) is 26.2 Å². The number of fused-ring (bicyclic) bond motifs is 5. The van der Waals surface area contributed by atoms with Crippen LogP contribution in [0.1, 0.15) is 191 Å². The van der Waals surface area contributed by atoms with E-state index in [0.717, 1.165) is 87.4 Å². The lowest BCUT2D eigenvalue weighted by atomic mass is 9.52. The van der Waals surface area contributed by atoms with Crippen LogP contribution in [-0.4, -0.2) is 72.4 Å². The van der Waals surface area contributed by atoms with Gasteiger partial charge in [-0.2, -0.15) is 0 Å². The van der Waals surface area contributed by atoms with E-state index < -0.39 is 17.3 Å². The molecular weight excluding hydrogens is 755 g/mol. The maximum atomic E-state index is 13.6. The van der Waals surface area contributed by atoms with Gasteiger partial charge in [-0.15, -0.1) is 0 Å². The third kappa shape index (κ3) is 17.2. The summed E-state index contributed by atoms with van der Waals surface area (Å²) < 4.78 is 16.8. The first-order chi connectivity index (χ1) is 28.4. The van der Waals surface area contributed by atoms with Crippen molar-refractivity contribution in [3.63, 3.8) is 0 Å². The molecule has 4 aliphatic carbocycles. The number of allylic oxidation sites excluding steroid dienone is 1. The van der Waals surface area contributed by atoms with Gasteiger partial charge in [-0.3, -0.25) is 9.59 Å². The number of nitrogens with one attached hydrogen (secondary N) is 2. The summed E-state index contributed by atoms with van der Waals surface area (Å²) in [5.74, 6) is 5.88. The second-order valence-electron chi connectivity index (χ2n) is 21.5. The molecule has 8 atom stereocenters. The minimum absolute atomic E-state index is 0.0426. The highest BCUT2D eigenvalue weighted by Crippen LogP contribution is 2.59. The molecule has 7 unspecified atom stereocenters. The summed E-state index contributed by atoms with van der Waals surface area (Å²) in [6.45, 7) is 20.4. The molecule has 0 radical (unpaired) electrons. The lowest BCUT2D eigenvalue weighted by Gasteiger charge is -2.53. The van der Waals surface area contributed by atoms with Crippen LogP contribution in [0.25, 0.3) is 0 Å². The molecule has 0 aromatic rings. The van der Waals surface area contributed by atoms with E-state index in [2.05, 4.69) is 37.5 Å². The van der Waals surface area contributed by atoms with E-state index in [4.69, 9.17) is 14.2 Å². The van der Waals surface area contributed by atoms with Crippen LogP contribution in [-0.2, 0) is 23.8 Å². The van der Waals surface area contributed by atoms with Crippen LogP contribution in [0.5, 0.6) is 0 Å². The number of rotatable bonds is 22. The Labute approximate surface area is 365 Å². The number of carbonyl (C=O) groups excluding carboxylic acids is 4. The molecule has 0 aromatic carbocycles. The first kappa shape index (κ1) is 49.9. The maximum absolute atomic E-state index is 13.6. The van der Waals surface area contributed by atoms with Gasteiger partial charge in [0.2, 0.25) is 5.91 Å². The Bertz CT molecular complexity index is 1380. The van der Waals surface area contributed by atoms with Gasteiger partial charge >= 0.3 is 18.2 Å². The van der Waals surface area contributed by atoms with Crippen molar-refractivity contribution < 1.29 is 33.4 Å². The van der Waals surface area contributed by atoms with E-state index in [1.165, 1.54) is 51.4 Å². The van der Waals surface area contributed by atoms with E-state index in [-0.39, 0.29) is 36.9 Å². The van der Waals surface area contributed by atoms with Crippen molar-refractivity contribution in [2.24, 2.45) is 47.3 Å². The van der Waals surface area contributed by atoms with Crippen molar-refractivity contribution in [1.29, 1.82) is 0 Å². The molecule has 4 aliphatic rings. The molecule has 10 nitrogen and oxygen atoms in total. The zero-order valence-electron chi connectivity index (χ0n) is 39.5. The van der Waals surface area contributed by atoms with Gasteiger partial charge in [0.25, 0.3) is 0 Å². The van der Waals surface area contributed by atoms with Crippen LogP contribution in [0.15, 0.2) is 11.6 Å². The Morgan fingerprint density at radius 1 is 0.700 bits per heavy atom. The molecule has 0 aromatic heterocycles. The standard InChI is InChI=1S/C50H87N3O7/c1-35(2)19-16-20-36(3)43-34-38-33-39(24-26-40(38)42-25-23-37-21-17-22-41(37)46(42)43)58-45(55)28-27-44(54)53(32-18-30-52-48(57)60-50(7,8)9)31-15-13-11-10-12-14-29-51-47(56)59-49(4,5)6/h34-37,39-43,46H,10-33H2,1-9H3,(H,51,56)(H,52,57)/t36-,37?,39?,40?,41?,42?,43?,46?/m1/s1. The zero-order valence-corrected chi connectivity index (χ0v) is 39.5. The number of unbranched alkanes of at least 4 members (excludes halogenated alkanes) is 5. The Morgan fingerprint density at radius 2 is 1.33 bits per heavy atom. The Hall–Kier alpha value is -2.78. The van der Waals surface area contributed by atoms with Crippen molar-refractivity contribution in [1.82, 2.24) is 15.5 Å². The van der Waals surface area contributed by atoms with Crippen LogP contribution >= 0.6 is 0 Å². The quantitative estimate of drug-likeness (QED) is 0.0481. The fourth-order valence-electron chi connectivity index (χ4n) is 11.1. The van der Waals surface area contributed by atoms with E-state index >= 15 is 0 Å². The molecule has 3 fully saturated rings. The molecule has 10 heteroatoms. The molecule has 4 rings (SSSR count). The van der Waals surface area contributed by atoms with Crippen LogP contribution < -0.4 is 10.6 Å². The molecule has 3 saturated carbocycles. The van der Waals surface area contributed by atoms with Crippen molar-refractivity contribution in [3.8, 4) is 0 Å². The van der Waals surface area contributed by atoms with E-state index in [1.54, 1.807) is 5.57 Å². The summed E-state index contributed by atoms with van der Waals surface area (Å²) in [5, 5.41) is 5.62. The van der Waals surface area contributed by atoms with E-state index in [0.29, 0.717) is 50.4 Å². The highest BCUT2D eigenvalue weighted by molar-refractivity contribution is 5.81. The number of nitrogens with zero attached hydrogens (tertiary/aromatic N) is 1. The minimum atomic E-state index is -0.576. The first-order valence-electron chi connectivity index (χ1n) is 24.5. The van der Waals surface area contributed by atoms with Crippen LogP contribution in [0.4, 0.5) is 9.59 Å². The number of hydrogen-bond donors (Lipinski definition) is 2. The van der Waals surface area contributed by atoms with Crippen molar-refractivity contribution in [3.05, 3.63) is 11.6 Å². The van der Waals surface area contributed by atoms with Gasteiger partial charge in [-0.25, -0.2) is 9.59 Å². The number of alkyl carbamates (subject to hydrolysis) is 2. The molecule has 2 N–H and O–H groups in total. The van der Waals surface area contributed by atoms with Crippen molar-refractivity contribution >= 4 is 24.1 Å². The summed E-state index contributed by atoms with van der Waals surface area (Å²) in [4.78, 5) is 52.9. The average molecular weight is 842 g/mol. The molecule has 344 valence electrons. The van der Waals surface area contributed by atoms with Crippen LogP contribution in [0, 0.1) is 47.3 Å².